The largest absolute Gasteiger partial charge is 0.481 e. The number of likely N-dealkylation sites (tertiary alicyclic amines) is 1. The molecule has 2 unspecified atom stereocenters. The summed E-state index contributed by atoms with van der Waals surface area (Å²) in [5.74, 6) is -0.904. The van der Waals surface area contributed by atoms with Crippen molar-refractivity contribution in [3.63, 3.8) is 0 Å². The van der Waals surface area contributed by atoms with Crippen molar-refractivity contribution in [1.29, 1.82) is 0 Å². The normalized spacial score (nSPS) is 19.9. The molecule has 2 aliphatic heterocycles. The fraction of sp³-hybridized carbons (Fsp3) is 0.341. The number of likely N-dealkylation sites (N-methyl/N-ethyl adjacent to an activating group) is 2. The molecule has 4 aromatic rings. The number of nitrogens with zero attached hydrogens (tertiary/aromatic N) is 2. The van der Waals surface area contributed by atoms with Gasteiger partial charge in [0, 0.05) is 43.5 Å². The fourth-order valence-electron chi connectivity index (χ4n) is 8.14. The number of rotatable bonds is 10. The SMILES string of the molecule is CC1[N+](C)=C(CCC(=O)O)CC1(c1ccccc1)c1ccccc1.CCOC(=O)C/C=C1/CC(c2ccccc2)(c2ccccc2)C(C)N1C. The second-order valence-corrected chi connectivity index (χ2v) is 13.5. The number of carbonyl (C=O) groups excluding carboxylic acids is 1. The van der Waals surface area contributed by atoms with Crippen LogP contribution in [-0.2, 0) is 25.2 Å². The zero-order valence-electron chi connectivity index (χ0n) is 30.1. The van der Waals surface area contributed by atoms with Gasteiger partial charge in [-0.3, -0.25) is 9.59 Å². The van der Waals surface area contributed by atoms with E-state index in [1.807, 2.05) is 25.1 Å². The first-order valence-electron chi connectivity index (χ1n) is 17.7. The summed E-state index contributed by atoms with van der Waals surface area (Å²) in [5.41, 5.74) is 7.36. The molecule has 4 aromatic carbocycles. The topological polar surface area (TPSA) is 69.9 Å². The van der Waals surface area contributed by atoms with Crippen molar-refractivity contribution in [1.82, 2.24) is 4.90 Å². The van der Waals surface area contributed by atoms with Crippen molar-refractivity contribution in [2.75, 3.05) is 20.7 Å². The first kappa shape index (κ1) is 36.3. The predicted molar refractivity (Wildman–Crippen MR) is 201 cm³/mol. The number of carboxylic acid groups (broad SMARTS) is 1. The first-order valence-corrected chi connectivity index (χ1v) is 17.7. The highest BCUT2D eigenvalue weighted by Crippen LogP contribution is 2.49. The van der Waals surface area contributed by atoms with E-state index in [2.05, 4.69) is 147 Å². The summed E-state index contributed by atoms with van der Waals surface area (Å²) in [6.07, 6.45) is 4.88. The number of ether oxygens (including phenoxy) is 1. The molecule has 0 radical (unpaired) electrons. The number of hydrogen-bond donors (Lipinski definition) is 1. The van der Waals surface area contributed by atoms with E-state index < -0.39 is 5.97 Å². The summed E-state index contributed by atoms with van der Waals surface area (Å²) in [5, 5.41) is 9.06. The molecule has 0 aromatic heterocycles. The highest BCUT2D eigenvalue weighted by atomic mass is 16.5. The Labute approximate surface area is 297 Å². The number of aliphatic carboxylic acids is 1. The van der Waals surface area contributed by atoms with Crippen LogP contribution in [0.2, 0.25) is 0 Å². The molecule has 6 heteroatoms. The highest BCUT2D eigenvalue weighted by Gasteiger charge is 2.52. The third kappa shape index (κ3) is 7.30. The smallest absolute Gasteiger partial charge is 0.309 e. The van der Waals surface area contributed by atoms with Gasteiger partial charge in [0.05, 0.1) is 24.9 Å². The number of allylic oxidation sites excluding steroid dienone is 1. The van der Waals surface area contributed by atoms with Crippen LogP contribution in [0.4, 0.5) is 0 Å². The molecule has 0 amide bonds. The van der Waals surface area contributed by atoms with Crippen molar-refractivity contribution >= 4 is 17.7 Å². The van der Waals surface area contributed by atoms with Gasteiger partial charge in [-0.1, -0.05) is 127 Å². The number of hydrogen-bond acceptors (Lipinski definition) is 4. The van der Waals surface area contributed by atoms with E-state index in [9.17, 15) is 9.59 Å². The average Bonchev–Trinajstić information content (AvgIpc) is 3.57. The Balaban J connectivity index is 0.000000195. The van der Waals surface area contributed by atoms with E-state index in [1.165, 1.54) is 33.7 Å². The van der Waals surface area contributed by atoms with Gasteiger partial charge in [-0.2, -0.15) is 0 Å². The van der Waals surface area contributed by atoms with Crippen LogP contribution in [0, 0.1) is 0 Å². The van der Waals surface area contributed by atoms with Gasteiger partial charge in [0.15, 0.2) is 11.8 Å². The Kier molecular flexibility index (Phi) is 11.7. The summed E-state index contributed by atoms with van der Waals surface area (Å²) < 4.78 is 7.36. The minimum Gasteiger partial charge on any atom is -0.481 e. The van der Waals surface area contributed by atoms with Gasteiger partial charge in [0.1, 0.15) is 7.05 Å². The quantitative estimate of drug-likeness (QED) is 0.136. The van der Waals surface area contributed by atoms with E-state index in [0.29, 0.717) is 19.4 Å². The first-order chi connectivity index (χ1) is 24.1. The molecule has 2 atom stereocenters. The maximum atomic E-state index is 11.8. The van der Waals surface area contributed by atoms with Crippen LogP contribution in [0.5, 0.6) is 0 Å². The lowest BCUT2D eigenvalue weighted by Gasteiger charge is -2.36. The van der Waals surface area contributed by atoms with Gasteiger partial charge in [-0.25, -0.2) is 4.58 Å². The Morgan fingerprint density at radius 3 is 1.64 bits per heavy atom. The number of carbonyl (C=O) groups is 2. The van der Waals surface area contributed by atoms with Crippen LogP contribution in [0.3, 0.4) is 0 Å². The Morgan fingerprint density at radius 1 is 0.780 bits per heavy atom. The van der Waals surface area contributed by atoms with E-state index in [0.717, 1.165) is 12.8 Å². The van der Waals surface area contributed by atoms with E-state index in [4.69, 9.17) is 9.84 Å². The van der Waals surface area contributed by atoms with Crippen molar-refractivity contribution in [3.05, 3.63) is 155 Å². The van der Waals surface area contributed by atoms with E-state index in [1.54, 1.807) is 0 Å². The second kappa shape index (κ2) is 16.2. The van der Waals surface area contributed by atoms with Crippen molar-refractivity contribution in [3.8, 4) is 0 Å². The Morgan fingerprint density at radius 2 is 1.22 bits per heavy atom. The van der Waals surface area contributed by atoms with Gasteiger partial charge < -0.3 is 14.7 Å². The molecule has 260 valence electrons. The Bertz CT molecular complexity index is 1710. The minimum absolute atomic E-state index is 0.127. The lowest BCUT2D eigenvalue weighted by molar-refractivity contribution is -0.533. The minimum atomic E-state index is -0.736. The predicted octanol–water partition coefficient (Wildman–Crippen LogP) is 8.25. The summed E-state index contributed by atoms with van der Waals surface area (Å²) in [6, 6.07) is 43.1. The molecule has 0 spiro atoms. The van der Waals surface area contributed by atoms with Crippen molar-refractivity contribution < 1.29 is 24.0 Å². The lowest BCUT2D eigenvalue weighted by Crippen LogP contribution is -2.39. The van der Waals surface area contributed by atoms with Crippen LogP contribution < -0.4 is 0 Å². The van der Waals surface area contributed by atoms with Gasteiger partial charge in [0.25, 0.3) is 0 Å². The average molecular weight is 672 g/mol. The summed E-state index contributed by atoms with van der Waals surface area (Å²) >= 11 is 0. The lowest BCUT2D eigenvalue weighted by atomic mass is 9.68. The molecular formula is C44H51N2O4+. The van der Waals surface area contributed by atoms with Crippen molar-refractivity contribution in [2.45, 2.75) is 75.8 Å². The van der Waals surface area contributed by atoms with Crippen molar-refractivity contribution in [2.24, 2.45) is 0 Å². The van der Waals surface area contributed by atoms with Crippen LogP contribution in [0.25, 0.3) is 0 Å². The second-order valence-electron chi connectivity index (χ2n) is 13.5. The van der Waals surface area contributed by atoms with Crippen LogP contribution in [0.15, 0.2) is 133 Å². The molecule has 6 nitrogen and oxygen atoms in total. The molecule has 2 heterocycles. The monoisotopic (exact) mass is 671 g/mol. The number of carboxylic acids is 1. The Hall–Kier alpha value is -4.97. The third-order valence-electron chi connectivity index (χ3n) is 11.1. The van der Waals surface area contributed by atoms with Gasteiger partial charge >= 0.3 is 11.9 Å². The zero-order chi connectivity index (χ0) is 35.7. The number of esters is 1. The fourth-order valence-corrected chi connectivity index (χ4v) is 8.14. The van der Waals surface area contributed by atoms with Crippen LogP contribution >= 0.6 is 0 Å². The maximum Gasteiger partial charge on any atom is 0.309 e. The summed E-state index contributed by atoms with van der Waals surface area (Å²) in [7, 11) is 4.21. The molecule has 0 aliphatic carbocycles. The molecule has 1 saturated heterocycles. The molecule has 1 N–H and O–H groups in total. The summed E-state index contributed by atoms with van der Waals surface area (Å²) in [4.78, 5) is 25.1. The van der Waals surface area contributed by atoms with Crippen LogP contribution in [0.1, 0.15) is 75.1 Å². The standard InChI is InChI=1S/C23H27NO2.C21H23NO2/c1-4-26-22(25)16-15-21-17-23(18(2)24(21)3,19-11-7-5-8-12-19)20-13-9-6-10-14-20;1-16-21(17-9-5-3-6-10-17,18-11-7-4-8-12-18)15-19(22(16)2)13-14-20(23)24/h5-15,18H,4,16-17H2,1-3H3;3-12,16H,13-15H2,1-2H3/p+1/b21-15-;. The third-order valence-corrected chi connectivity index (χ3v) is 11.1. The van der Waals surface area contributed by atoms with Crippen LogP contribution in [-0.4, -0.2) is 65.0 Å². The van der Waals surface area contributed by atoms with Gasteiger partial charge in [-0.05, 0) is 43.0 Å². The zero-order valence-corrected chi connectivity index (χ0v) is 30.1. The van der Waals surface area contributed by atoms with Gasteiger partial charge in [0.2, 0.25) is 0 Å². The molecule has 2 aliphatic rings. The molecule has 0 saturated carbocycles. The van der Waals surface area contributed by atoms with E-state index >= 15 is 0 Å². The van der Waals surface area contributed by atoms with E-state index in [-0.39, 0.29) is 35.3 Å². The molecule has 0 bridgehead atoms. The molecule has 1 fully saturated rings. The maximum absolute atomic E-state index is 11.8. The highest BCUT2D eigenvalue weighted by molar-refractivity contribution is 5.86. The molecule has 6 rings (SSSR count). The molecule has 50 heavy (non-hydrogen) atoms. The summed E-state index contributed by atoms with van der Waals surface area (Å²) in [6.45, 7) is 6.77. The van der Waals surface area contributed by atoms with Gasteiger partial charge in [-0.15, -0.1) is 0 Å². The molecular weight excluding hydrogens is 620 g/mol. The number of benzene rings is 4.